The molecular weight excluding hydrogens is 455 g/mol. The monoisotopic (exact) mass is 496 g/mol. The fourth-order valence-corrected chi connectivity index (χ4v) is 4.10. The smallest absolute Gasteiger partial charge is 0.191 e. The van der Waals surface area contributed by atoms with Gasteiger partial charge in [-0.05, 0) is 38.5 Å². The van der Waals surface area contributed by atoms with Crippen molar-refractivity contribution >= 4 is 29.9 Å². The lowest BCUT2D eigenvalue weighted by atomic mass is 9.81. The van der Waals surface area contributed by atoms with E-state index in [9.17, 15) is 5.11 Å². The summed E-state index contributed by atoms with van der Waals surface area (Å²) in [5.41, 5.74) is -0.821. The van der Waals surface area contributed by atoms with Gasteiger partial charge in [0.15, 0.2) is 5.96 Å². The van der Waals surface area contributed by atoms with Gasteiger partial charge in [-0.15, -0.1) is 24.0 Å². The third-order valence-electron chi connectivity index (χ3n) is 5.48. The molecule has 3 atom stereocenters. The number of ether oxygens (including phenoxy) is 1. The maximum Gasteiger partial charge on any atom is 0.191 e. The number of aliphatic hydroxyl groups is 1. The van der Waals surface area contributed by atoms with Gasteiger partial charge >= 0.3 is 0 Å². The molecule has 2 rings (SSSR count). The molecule has 0 radical (unpaired) electrons. The minimum absolute atomic E-state index is 0. The van der Waals surface area contributed by atoms with Gasteiger partial charge in [0.05, 0.1) is 25.4 Å². The molecule has 1 saturated carbocycles. The maximum atomic E-state index is 10.7. The molecule has 3 N–H and O–H groups in total. The Bertz CT molecular complexity index is 428. The van der Waals surface area contributed by atoms with Crippen molar-refractivity contribution in [2.75, 3.05) is 52.5 Å². The summed E-state index contributed by atoms with van der Waals surface area (Å²) in [6.45, 7) is 12.4. The number of hydrogen-bond donors (Lipinski definition) is 3. The van der Waals surface area contributed by atoms with Gasteiger partial charge in [-0.2, -0.15) is 0 Å². The van der Waals surface area contributed by atoms with Crippen LogP contribution in [0.3, 0.4) is 0 Å². The fraction of sp³-hybridized carbons (Fsp3) is 0.950. The summed E-state index contributed by atoms with van der Waals surface area (Å²) in [5.74, 6) is 2.54. The lowest BCUT2D eigenvalue weighted by molar-refractivity contribution is -0.0180. The van der Waals surface area contributed by atoms with Crippen LogP contribution in [0.2, 0.25) is 0 Å². The Morgan fingerprint density at radius 3 is 2.67 bits per heavy atom. The molecule has 1 saturated heterocycles. The molecule has 160 valence electrons. The molecule has 6 nitrogen and oxygen atoms in total. The van der Waals surface area contributed by atoms with E-state index >= 15 is 0 Å². The summed E-state index contributed by atoms with van der Waals surface area (Å²) in [6, 6.07) is 0. The predicted octanol–water partition coefficient (Wildman–Crippen LogP) is 2.46. The number of morpholine rings is 1. The third kappa shape index (κ3) is 10.3. The van der Waals surface area contributed by atoms with Crippen LogP contribution in [0.15, 0.2) is 4.99 Å². The number of rotatable bonds is 8. The van der Waals surface area contributed by atoms with E-state index in [-0.39, 0.29) is 24.0 Å². The molecule has 0 bridgehead atoms. The first-order chi connectivity index (χ1) is 12.5. The molecule has 0 aromatic heterocycles. The summed E-state index contributed by atoms with van der Waals surface area (Å²) in [5, 5.41) is 17.4. The first-order valence-electron chi connectivity index (χ1n) is 10.5. The number of hydrogen-bond acceptors (Lipinski definition) is 4. The molecule has 0 amide bonds. The molecule has 1 heterocycles. The molecule has 0 spiro atoms. The molecule has 0 aromatic rings. The number of nitrogens with one attached hydrogen (secondary N) is 2. The van der Waals surface area contributed by atoms with Crippen LogP contribution in [0.25, 0.3) is 0 Å². The van der Waals surface area contributed by atoms with Crippen molar-refractivity contribution in [1.82, 2.24) is 15.5 Å². The summed E-state index contributed by atoms with van der Waals surface area (Å²) in [4.78, 5) is 6.89. The Morgan fingerprint density at radius 1 is 1.26 bits per heavy atom. The highest BCUT2D eigenvalue weighted by Crippen LogP contribution is 2.30. The summed E-state index contributed by atoms with van der Waals surface area (Å²) in [6.07, 6.45) is 6.72. The molecule has 7 heteroatoms. The van der Waals surface area contributed by atoms with Crippen LogP contribution >= 0.6 is 24.0 Å². The van der Waals surface area contributed by atoms with E-state index in [1.807, 2.05) is 6.92 Å². The first-order valence-corrected chi connectivity index (χ1v) is 10.5. The van der Waals surface area contributed by atoms with Crippen LogP contribution < -0.4 is 10.6 Å². The average Bonchev–Trinajstić information content (AvgIpc) is 2.60. The summed E-state index contributed by atoms with van der Waals surface area (Å²) in [7, 11) is 0. The van der Waals surface area contributed by atoms with Gasteiger partial charge in [-0.25, -0.2) is 0 Å². The SMILES string of the molecule is CCNC(=NCC(C)(O)CN1CCOCC1)NCCC1CCCC(C)C1.I. The second-order valence-corrected chi connectivity index (χ2v) is 8.43. The number of guanidine groups is 1. The largest absolute Gasteiger partial charge is 0.387 e. The van der Waals surface area contributed by atoms with Gasteiger partial charge in [0.25, 0.3) is 0 Å². The van der Waals surface area contributed by atoms with Crippen LogP contribution in [-0.2, 0) is 4.74 Å². The zero-order valence-electron chi connectivity index (χ0n) is 17.5. The first kappa shape index (κ1) is 24.9. The molecular formula is C20H41IN4O2. The van der Waals surface area contributed by atoms with Crippen molar-refractivity contribution in [3.8, 4) is 0 Å². The van der Waals surface area contributed by atoms with Gasteiger partial charge in [0.2, 0.25) is 0 Å². The quantitative estimate of drug-likeness (QED) is 0.274. The molecule has 1 aliphatic heterocycles. The van der Waals surface area contributed by atoms with Gasteiger partial charge < -0.3 is 20.5 Å². The Hall–Kier alpha value is -0.120. The van der Waals surface area contributed by atoms with Crippen LogP contribution in [0.1, 0.15) is 52.9 Å². The van der Waals surface area contributed by atoms with E-state index in [0.29, 0.717) is 13.1 Å². The Balaban J connectivity index is 0.00000364. The van der Waals surface area contributed by atoms with Crippen LogP contribution in [0.4, 0.5) is 0 Å². The maximum absolute atomic E-state index is 10.7. The van der Waals surface area contributed by atoms with Gasteiger partial charge in [0, 0.05) is 32.7 Å². The van der Waals surface area contributed by atoms with E-state index in [0.717, 1.165) is 57.2 Å². The van der Waals surface area contributed by atoms with E-state index in [2.05, 4.69) is 34.4 Å². The van der Waals surface area contributed by atoms with Crippen LogP contribution in [0, 0.1) is 11.8 Å². The summed E-state index contributed by atoms with van der Waals surface area (Å²) < 4.78 is 5.37. The lowest BCUT2D eigenvalue weighted by Crippen LogP contribution is -2.48. The fourth-order valence-electron chi connectivity index (χ4n) is 4.10. The minimum atomic E-state index is -0.821. The molecule has 27 heavy (non-hydrogen) atoms. The van der Waals surface area contributed by atoms with Gasteiger partial charge in [0.1, 0.15) is 0 Å². The van der Waals surface area contributed by atoms with Crippen LogP contribution in [-0.4, -0.2) is 74.0 Å². The Labute approximate surface area is 182 Å². The summed E-state index contributed by atoms with van der Waals surface area (Å²) >= 11 is 0. The average molecular weight is 496 g/mol. The van der Waals surface area contributed by atoms with Crippen molar-refractivity contribution in [3.63, 3.8) is 0 Å². The highest BCUT2D eigenvalue weighted by molar-refractivity contribution is 14.0. The van der Waals surface area contributed by atoms with Crippen molar-refractivity contribution in [3.05, 3.63) is 0 Å². The molecule has 0 aromatic carbocycles. The number of halogens is 1. The van der Waals surface area contributed by atoms with Crippen molar-refractivity contribution in [2.24, 2.45) is 16.8 Å². The normalized spacial score (nSPS) is 26.7. The highest BCUT2D eigenvalue weighted by atomic mass is 127. The van der Waals surface area contributed by atoms with Gasteiger partial charge in [-0.1, -0.05) is 26.2 Å². The molecule has 3 unspecified atom stereocenters. The number of aliphatic imine (C=N–C) groups is 1. The zero-order valence-corrected chi connectivity index (χ0v) is 19.8. The van der Waals surface area contributed by atoms with Gasteiger partial charge in [-0.3, -0.25) is 9.89 Å². The lowest BCUT2D eigenvalue weighted by Gasteiger charge is -2.33. The van der Waals surface area contributed by atoms with E-state index < -0.39 is 5.60 Å². The topological polar surface area (TPSA) is 69.1 Å². The zero-order chi connectivity index (χ0) is 18.8. The van der Waals surface area contributed by atoms with E-state index in [1.54, 1.807) is 0 Å². The Kier molecular flexibility index (Phi) is 12.2. The second-order valence-electron chi connectivity index (χ2n) is 8.43. The Morgan fingerprint density at radius 2 is 2.00 bits per heavy atom. The second kappa shape index (κ2) is 13.2. The number of β-amino-alcohol motifs (C(OH)–C–C–N with tert-alkyl or cyclic N) is 1. The van der Waals surface area contributed by atoms with Crippen molar-refractivity contribution in [1.29, 1.82) is 0 Å². The van der Waals surface area contributed by atoms with E-state index in [4.69, 9.17) is 4.74 Å². The number of nitrogens with zero attached hydrogens (tertiary/aromatic N) is 2. The van der Waals surface area contributed by atoms with Crippen molar-refractivity contribution < 1.29 is 9.84 Å². The van der Waals surface area contributed by atoms with Crippen molar-refractivity contribution in [2.45, 2.75) is 58.5 Å². The molecule has 2 fully saturated rings. The third-order valence-corrected chi connectivity index (χ3v) is 5.48. The standard InChI is InChI=1S/C20H40N4O2.HI/c1-4-21-19(22-9-8-18-7-5-6-17(2)14-18)23-15-20(3,25)16-24-10-12-26-13-11-24;/h17-18,25H,4-16H2,1-3H3,(H2,21,22,23);1H. The predicted molar refractivity (Wildman–Crippen MR) is 123 cm³/mol. The molecule has 2 aliphatic rings. The van der Waals surface area contributed by atoms with E-state index in [1.165, 1.54) is 32.1 Å². The highest BCUT2D eigenvalue weighted by Gasteiger charge is 2.25. The minimum Gasteiger partial charge on any atom is -0.387 e. The van der Waals surface area contributed by atoms with Crippen LogP contribution in [0.5, 0.6) is 0 Å². The molecule has 1 aliphatic carbocycles.